The number of fused-ring (bicyclic) bond motifs is 1. The molecule has 0 N–H and O–H groups in total. The zero-order chi connectivity index (χ0) is 19.1. The van der Waals surface area contributed by atoms with Crippen LogP contribution in [0.3, 0.4) is 0 Å². The summed E-state index contributed by atoms with van der Waals surface area (Å²) >= 11 is 0. The summed E-state index contributed by atoms with van der Waals surface area (Å²) < 4.78 is 5.84. The molecule has 0 heterocycles. The summed E-state index contributed by atoms with van der Waals surface area (Å²) in [5, 5.41) is 0. The minimum absolute atomic E-state index is 0.823. The number of hydrogen-bond donors (Lipinski definition) is 0. The molecule has 0 aliphatic heterocycles. The van der Waals surface area contributed by atoms with Gasteiger partial charge in [-0.05, 0) is 78.3 Å². The van der Waals surface area contributed by atoms with Gasteiger partial charge in [-0.25, -0.2) is 0 Å². The molecule has 0 bridgehead atoms. The Bertz CT molecular complexity index is 701. The number of ether oxygens (including phenoxy) is 1. The molecule has 0 amide bonds. The minimum atomic E-state index is 0.823. The van der Waals surface area contributed by atoms with Crippen molar-refractivity contribution < 1.29 is 4.74 Å². The van der Waals surface area contributed by atoms with E-state index in [0.29, 0.717) is 0 Å². The highest BCUT2D eigenvalue weighted by Gasteiger charge is 2.20. The van der Waals surface area contributed by atoms with Gasteiger partial charge in [0.1, 0.15) is 5.75 Å². The quantitative estimate of drug-likeness (QED) is 0.419. The van der Waals surface area contributed by atoms with Crippen LogP contribution in [-0.2, 0) is 12.8 Å². The highest BCUT2D eigenvalue weighted by atomic mass is 16.5. The fourth-order valence-electron chi connectivity index (χ4n) is 4.23. The van der Waals surface area contributed by atoms with E-state index in [1.54, 1.807) is 11.1 Å². The molecule has 1 aliphatic carbocycles. The second-order valence-electron chi connectivity index (χ2n) is 8.42. The lowest BCUT2D eigenvalue weighted by Gasteiger charge is -2.27. The average molecular weight is 365 g/mol. The number of rotatable bonds is 9. The SMILES string of the molecule is CCCCCOc1ccc(-c2ccc3c(c2)CCC(CC(C)CC)C3)cc1. The van der Waals surface area contributed by atoms with Crippen molar-refractivity contribution >= 4 is 0 Å². The first-order valence-electron chi connectivity index (χ1n) is 11.0. The Balaban J connectivity index is 1.62. The van der Waals surface area contributed by atoms with E-state index in [1.165, 1.54) is 56.1 Å². The van der Waals surface area contributed by atoms with E-state index in [4.69, 9.17) is 4.74 Å². The fraction of sp³-hybridized carbons (Fsp3) is 0.538. The van der Waals surface area contributed by atoms with Crippen LogP contribution >= 0.6 is 0 Å². The molecule has 2 aromatic carbocycles. The minimum Gasteiger partial charge on any atom is -0.494 e. The van der Waals surface area contributed by atoms with Crippen molar-refractivity contribution in [3.05, 3.63) is 53.6 Å². The van der Waals surface area contributed by atoms with E-state index in [2.05, 4.69) is 63.2 Å². The summed E-state index contributed by atoms with van der Waals surface area (Å²) in [4.78, 5) is 0. The lowest BCUT2D eigenvalue weighted by molar-refractivity contribution is 0.306. The van der Waals surface area contributed by atoms with E-state index < -0.39 is 0 Å². The maximum Gasteiger partial charge on any atom is 0.119 e. The predicted octanol–water partition coefficient (Wildman–Crippen LogP) is 7.46. The molecule has 0 radical (unpaired) electrons. The van der Waals surface area contributed by atoms with Gasteiger partial charge in [0.2, 0.25) is 0 Å². The molecule has 2 atom stereocenters. The van der Waals surface area contributed by atoms with Crippen LogP contribution in [0.5, 0.6) is 5.75 Å². The standard InChI is InChI=1S/C26H36O/c1-4-6-7-16-27-26-14-12-22(13-15-26)24-11-10-23-18-21(17-20(3)5-2)8-9-25(23)19-24/h10-15,19-21H,4-9,16-18H2,1-3H3. The van der Waals surface area contributed by atoms with Gasteiger partial charge in [-0.3, -0.25) is 0 Å². The smallest absolute Gasteiger partial charge is 0.119 e. The van der Waals surface area contributed by atoms with Crippen LogP contribution in [-0.4, -0.2) is 6.61 Å². The van der Waals surface area contributed by atoms with Gasteiger partial charge in [0.05, 0.1) is 6.61 Å². The zero-order valence-electron chi connectivity index (χ0n) is 17.5. The largest absolute Gasteiger partial charge is 0.494 e. The molecule has 1 aliphatic rings. The van der Waals surface area contributed by atoms with E-state index >= 15 is 0 Å². The van der Waals surface area contributed by atoms with Crippen molar-refractivity contribution in [2.75, 3.05) is 6.61 Å². The molecule has 3 rings (SSSR count). The van der Waals surface area contributed by atoms with Crippen LogP contribution in [0.25, 0.3) is 11.1 Å². The Labute approximate surface area is 166 Å². The van der Waals surface area contributed by atoms with Crippen LogP contribution in [0.4, 0.5) is 0 Å². The van der Waals surface area contributed by atoms with Crippen LogP contribution in [0.2, 0.25) is 0 Å². The fourth-order valence-corrected chi connectivity index (χ4v) is 4.23. The summed E-state index contributed by atoms with van der Waals surface area (Å²) in [5.41, 5.74) is 5.77. The van der Waals surface area contributed by atoms with Gasteiger partial charge in [0, 0.05) is 0 Å². The maximum atomic E-state index is 5.84. The first-order valence-corrected chi connectivity index (χ1v) is 11.0. The third-order valence-electron chi connectivity index (χ3n) is 6.17. The normalized spacial score (nSPS) is 17.4. The second kappa shape index (κ2) is 9.97. The Hall–Kier alpha value is -1.76. The lowest BCUT2D eigenvalue weighted by Crippen LogP contribution is -2.16. The van der Waals surface area contributed by atoms with Gasteiger partial charge in [-0.1, -0.05) is 70.4 Å². The van der Waals surface area contributed by atoms with Crippen LogP contribution < -0.4 is 4.74 Å². The molecule has 1 heteroatoms. The number of hydrogen-bond acceptors (Lipinski definition) is 1. The van der Waals surface area contributed by atoms with Crippen molar-refractivity contribution in [2.45, 2.75) is 72.1 Å². The molecule has 146 valence electrons. The van der Waals surface area contributed by atoms with E-state index in [-0.39, 0.29) is 0 Å². The average Bonchev–Trinajstić information content (AvgIpc) is 2.71. The van der Waals surface area contributed by atoms with Gasteiger partial charge in [0.25, 0.3) is 0 Å². The van der Waals surface area contributed by atoms with E-state index in [0.717, 1.165) is 30.6 Å². The Kier molecular flexibility index (Phi) is 7.38. The summed E-state index contributed by atoms with van der Waals surface area (Å²) in [6, 6.07) is 15.7. The van der Waals surface area contributed by atoms with Crippen LogP contribution in [0, 0.1) is 11.8 Å². The Morgan fingerprint density at radius 1 is 0.963 bits per heavy atom. The van der Waals surface area contributed by atoms with Crippen molar-refractivity contribution in [3.8, 4) is 16.9 Å². The molecule has 0 aromatic heterocycles. The van der Waals surface area contributed by atoms with Crippen molar-refractivity contribution in [2.24, 2.45) is 11.8 Å². The van der Waals surface area contributed by atoms with Gasteiger partial charge < -0.3 is 4.74 Å². The number of unbranched alkanes of at least 4 members (excludes halogenated alkanes) is 2. The monoisotopic (exact) mass is 364 g/mol. The van der Waals surface area contributed by atoms with Crippen molar-refractivity contribution in [1.82, 2.24) is 0 Å². The molecule has 0 spiro atoms. The number of aryl methyl sites for hydroxylation is 1. The van der Waals surface area contributed by atoms with E-state index in [1.807, 2.05) is 0 Å². The third-order valence-corrected chi connectivity index (χ3v) is 6.17. The first-order chi connectivity index (χ1) is 13.2. The highest BCUT2D eigenvalue weighted by Crippen LogP contribution is 2.33. The van der Waals surface area contributed by atoms with E-state index in [9.17, 15) is 0 Å². The molecule has 1 nitrogen and oxygen atoms in total. The Morgan fingerprint density at radius 3 is 2.48 bits per heavy atom. The topological polar surface area (TPSA) is 9.23 Å². The molecular formula is C26H36O. The molecule has 0 saturated carbocycles. The summed E-state index contributed by atoms with van der Waals surface area (Å²) in [6.07, 6.45) is 10.2. The molecule has 0 saturated heterocycles. The summed E-state index contributed by atoms with van der Waals surface area (Å²) in [6.45, 7) is 7.76. The van der Waals surface area contributed by atoms with Crippen LogP contribution in [0.1, 0.15) is 70.4 Å². The summed E-state index contributed by atoms with van der Waals surface area (Å²) in [5.74, 6) is 2.72. The van der Waals surface area contributed by atoms with Crippen molar-refractivity contribution in [3.63, 3.8) is 0 Å². The Morgan fingerprint density at radius 2 is 1.74 bits per heavy atom. The van der Waals surface area contributed by atoms with Crippen molar-refractivity contribution in [1.29, 1.82) is 0 Å². The third kappa shape index (κ3) is 5.61. The maximum absolute atomic E-state index is 5.84. The molecular weight excluding hydrogens is 328 g/mol. The van der Waals surface area contributed by atoms with Gasteiger partial charge in [-0.15, -0.1) is 0 Å². The summed E-state index contributed by atoms with van der Waals surface area (Å²) in [7, 11) is 0. The van der Waals surface area contributed by atoms with Gasteiger partial charge in [0.15, 0.2) is 0 Å². The van der Waals surface area contributed by atoms with Gasteiger partial charge in [-0.2, -0.15) is 0 Å². The predicted molar refractivity (Wildman–Crippen MR) is 116 cm³/mol. The number of benzene rings is 2. The first kappa shape index (κ1) is 20.0. The molecule has 27 heavy (non-hydrogen) atoms. The zero-order valence-corrected chi connectivity index (χ0v) is 17.5. The highest BCUT2D eigenvalue weighted by molar-refractivity contribution is 5.66. The van der Waals surface area contributed by atoms with Crippen LogP contribution in [0.15, 0.2) is 42.5 Å². The molecule has 2 unspecified atom stereocenters. The molecule has 0 fully saturated rings. The lowest BCUT2D eigenvalue weighted by atomic mass is 9.78. The van der Waals surface area contributed by atoms with Gasteiger partial charge >= 0.3 is 0 Å². The molecule has 2 aromatic rings. The second-order valence-corrected chi connectivity index (χ2v) is 8.42.